The molecule has 0 bridgehead atoms. The van der Waals surface area contributed by atoms with Crippen molar-refractivity contribution in [3.8, 4) is 0 Å². The highest BCUT2D eigenvalue weighted by Crippen LogP contribution is 2.29. The molecular formula is C10H12F3NO. The predicted molar refractivity (Wildman–Crippen MR) is 49.4 cm³/mol. The maximum absolute atomic E-state index is 12.3. The lowest BCUT2D eigenvalue weighted by atomic mass is 9.90. The van der Waals surface area contributed by atoms with E-state index in [-0.39, 0.29) is 12.3 Å². The van der Waals surface area contributed by atoms with Crippen LogP contribution in [0.1, 0.15) is 25.2 Å². The molecule has 0 aliphatic heterocycles. The number of rotatable bonds is 2. The number of nitrogens with zero attached hydrogens (tertiary/aromatic N) is 1. The second-order valence-corrected chi connectivity index (χ2v) is 3.95. The summed E-state index contributed by atoms with van der Waals surface area (Å²) in [4.78, 5) is 3.50. The first-order valence-electron chi connectivity index (χ1n) is 4.43. The van der Waals surface area contributed by atoms with Gasteiger partial charge in [-0.05, 0) is 12.1 Å². The van der Waals surface area contributed by atoms with Crippen molar-refractivity contribution in [2.24, 2.45) is 0 Å². The number of halogens is 3. The summed E-state index contributed by atoms with van der Waals surface area (Å²) in [5, 5.41) is 9.02. The molecule has 0 unspecified atom stereocenters. The number of aliphatic hydroxyl groups is 1. The van der Waals surface area contributed by atoms with Crippen LogP contribution in [0.4, 0.5) is 13.2 Å². The number of pyridine rings is 1. The number of aliphatic hydroxyl groups excluding tert-OH is 1. The van der Waals surface area contributed by atoms with Gasteiger partial charge in [0.1, 0.15) is 5.69 Å². The van der Waals surface area contributed by atoms with Crippen LogP contribution in [-0.4, -0.2) is 16.7 Å². The first-order valence-corrected chi connectivity index (χ1v) is 4.43. The van der Waals surface area contributed by atoms with Gasteiger partial charge in [0.2, 0.25) is 0 Å². The maximum Gasteiger partial charge on any atom is 0.433 e. The molecule has 0 aliphatic carbocycles. The Morgan fingerprint density at radius 1 is 1.20 bits per heavy atom. The van der Waals surface area contributed by atoms with Gasteiger partial charge in [0.05, 0.1) is 6.61 Å². The van der Waals surface area contributed by atoms with Crippen LogP contribution >= 0.6 is 0 Å². The molecule has 1 heterocycles. The molecule has 1 rings (SSSR count). The van der Waals surface area contributed by atoms with Crippen molar-refractivity contribution in [2.45, 2.75) is 25.4 Å². The van der Waals surface area contributed by atoms with E-state index in [0.29, 0.717) is 0 Å². The fourth-order valence-corrected chi connectivity index (χ4v) is 1.05. The second-order valence-electron chi connectivity index (χ2n) is 3.95. The van der Waals surface area contributed by atoms with E-state index in [0.717, 1.165) is 6.07 Å². The molecule has 1 N–H and O–H groups in total. The van der Waals surface area contributed by atoms with E-state index in [9.17, 15) is 13.2 Å². The molecule has 0 atom stereocenters. The number of alkyl halides is 3. The molecule has 0 aliphatic rings. The minimum atomic E-state index is -4.44. The summed E-state index contributed by atoms with van der Waals surface area (Å²) in [5.41, 5.74) is -1.46. The number of hydrogen-bond donors (Lipinski definition) is 1. The van der Waals surface area contributed by atoms with Gasteiger partial charge < -0.3 is 5.11 Å². The fourth-order valence-electron chi connectivity index (χ4n) is 1.05. The van der Waals surface area contributed by atoms with Gasteiger partial charge in [0.15, 0.2) is 0 Å². The number of aromatic nitrogens is 1. The third-order valence-corrected chi connectivity index (χ3v) is 2.13. The topological polar surface area (TPSA) is 33.1 Å². The first-order chi connectivity index (χ1) is 6.77. The van der Waals surface area contributed by atoms with E-state index in [2.05, 4.69) is 4.98 Å². The zero-order valence-corrected chi connectivity index (χ0v) is 8.47. The standard InChI is InChI=1S/C10H12F3NO/c1-9(2,6-15)7-4-3-5-8(14-7)10(11,12)13/h3-5,15H,6H2,1-2H3. The normalized spacial score (nSPS) is 12.9. The molecule has 0 saturated carbocycles. The molecule has 1 aromatic rings. The fraction of sp³-hybridized carbons (Fsp3) is 0.500. The first kappa shape index (κ1) is 12.0. The molecule has 84 valence electrons. The average molecular weight is 219 g/mol. The molecule has 15 heavy (non-hydrogen) atoms. The highest BCUT2D eigenvalue weighted by Gasteiger charge is 2.33. The van der Waals surface area contributed by atoms with Crippen molar-refractivity contribution in [3.63, 3.8) is 0 Å². The van der Waals surface area contributed by atoms with Crippen LogP contribution in [0, 0.1) is 0 Å². The minimum absolute atomic E-state index is 0.236. The summed E-state index contributed by atoms with van der Waals surface area (Å²) < 4.78 is 37.0. The van der Waals surface area contributed by atoms with Crippen LogP contribution in [0.5, 0.6) is 0 Å². The second kappa shape index (κ2) is 3.81. The Hall–Kier alpha value is -1.10. The Labute approximate surface area is 85.8 Å². The Bertz CT molecular complexity index is 347. The third-order valence-electron chi connectivity index (χ3n) is 2.13. The van der Waals surface area contributed by atoms with Gasteiger partial charge in [0, 0.05) is 11.1 Å². The van der Waals surface area contributed by atoms with E-state index in [1.54, 1.807) is 13.8 Å². The van der Waals surface area contributed by atoms with E-state index < -0.39 is 17.3 Å². The Kier molecular flexibility index (Phi) is 3.04. The lowest BCUT2D eigenvalue weighted by Gasteiger charge is -2.21. The van der Waals surface area contributed by atoms with E-state index >= 15 is 0 Å². The van der Waals surface area contributed by atoms with Gasteiger partial charge in [0.25, 0.3) is 0 Å². The van der Waals surface area contributed by atoms with Crippen molar-refractivity contribution in [1.29, 1.82) is 0 Å². The molecule has 0 amide bonds. The predicted octanol–water partition coefficient (Wildman–Crippen LogP) is 2.37. The largest absolute Gasteiger partial charge is 0.433 e. The van der Waals surface area contributed by atoms with Crippen LogP contribution in [0.3, 0.4) is 0 Å². The zero-order chi connectivity index (χ0) is 11.7. The quantitative estimate of drug-likeness (QED) is 0.828. The summed E-state index contributed by atoms with van der Waals surface area (Å²) in [7, 11) is 0. The SMILES string of the molecule is CC(C)(CO)c1cccc(C(F)(F)F)n1. The molecular weight excluding hydrogens is 207 g/mol. The Morgan fingerprint density at radius 3 is 2.20 bits per heavy atom. The van der Waals surface area contributed by atoms with Gasteiger partial charge in [-0.15, -0.1) is 0 Å². The third kappa shape index (κ3) is 2.68. The van der Waals surface area contributed by atoms with Gasteiger partial charge in [-0.25, -0.2) is 4.98 Å². The molecule has 0 saturated heterocycles. The van der Waals surface area contributed by atoms with Gasteiger partial charge >= 0.3 is 6.18 Å². The summed E-state index contributed by atoms with van der Waals surface area (Å²) in [6, 6.07) is 3.69. The van der Waals surface area contributed by atoms with Gasteiger partial charge in [-0.1, -0.05) is 19.9 Å². The smallest absolute Gasteiger partial charge is 0.395 e. The van der Waals surface area contributed by atoms with Crippen molar-refractivity contribution in [1.82, 2.24) is 4.98 Å². The molecule has 2 nitrogen and oxygen atoms in total. The Morgan fingerprint density at radius 2 is 1.73 bits per heavy atom. The summed E-state index contributed by atoms with van der Waals surface area (Å²) in [6.07, 6.45) is -4.44. The monoisotopic (exact) mass is 219 g/mol. The van der Waals surface area contributed by atoms with E-state index in [1.807, 2.05) is 0 Å². The van der Waals surface area contributed by atoms with Crippen LogP contribution in [0.15, 0.2) is 18.2 Å². The summed E-state index contributed by atoms with van der Waals surface area (Å²) >= 11 is 0. The van der Waals surface area contributed by atoms with Gasteiger partial charge in [-0.2, -0.15) is 13.2 Å². The zero-order valence-electron chi connectivity index (χ0n) is 8.47. The molecule has 1 aromatic heterocycles. The van der Waals surface area contributed by atoms with Crippen LogP contribution < -0.4 is 0 Å². The lowest BCUT2D eigenvalue weighted by molar-refractivity contribution is -0.141. The summed E-state index contributed by atoms with van der Waals surface area (Å²) in [5.74, 6) is 0. The van der Waals surface area contributed by atoms with Crippen molar-refractivity contribution >= 4 is 0 Å². The van der Waals surface area contributed by atoms with E-state index in [1.165, 1.54) is 12.1 Å². The van der Waals surface area contributed by atoms with Crippen molar-refractivity contribution in [2.75, 3.05) is 6.61 Å². The average Bonchev–Trinajstić information content (AvgIpc) is 2.17. The van der Waals surface area contributed by atoms with E-state index in [4.69, 9.17) is 5.11 Å². The van der Waals surface area contributed by atoms with Crippen LogP contribution in [-0.2, 0) is 11.6 Å². The molecule has 0 fully saturated rings. The highest BCUT2D eigenvalue weighted by molar-refractivity contribution is 5.19. The molecule has 0 spiro atoms. The minimum Gasteiger partial charge on any atom is -0.395 e. The van der Waals surface area contributed by atoms with Crippen molar-refractivity contribution < 1.29 is 18.3 Å². The Balaban J connectivity index is 3.14. The molecule has 5 heteroatoms. The van der Waals surface area contributed by atoms with Crippen molar-refractivity contribution in [3.05, 3.63) is 29.6 Å². The maximum atomic E-state index is 12.3. The van der Waals surface area contributed by atoms with Crippen LogP contribution in [0.25, 0.3) is 0 Å². The lowest BCUT2D eigenvalue weighted by Crippen LogP contribution is -2.25. The molecule has 0 aromatic carbocycles. The van der Waals surface area contributed by atoms with Crippen LogP contribution in [0.2, 0.25) is 0 Å². The van der Waals surface area contributed by atoms with Gasteiger partial charge in [-0.3, -0.25) is 0 Å². The highest BCUT2D eigenvalue weighted by atomic mass is 19.4. The number of hydrogen-bond acceptors (Lipinski definition) is 2. The summed E-state index contributed by atoms with van der Waals surface area (Å²) in [6.45, 7) is 3.02. The molecule has 0 radical (unpaired) electrons.